The lowest BCUT2D eigenvalue weighted by molar-refractivity contribution is -0.137. The van der Waals surface area contributed by atoms with Crippen LogP contribution < -0.4 is 0 Å². The molecular formula is C19H20ClF3N2O3S. The second-order valence-corrected chi connectivity index (χ2v) is 9.12. The maximum atomic E-state index is 13.0. The van der Waals surface area contributed by atoms with Gasteiger partial charge in [-0.1, -0.05) is 41.9 Å². The number of aliphatic hydroxyl groups is 1. The lowest BCUT2D eigenvalue weighted by Crippen LogP contribution is -2.49. The number of halogens is 4. The molecule has 0 spiro atoms. The van der Waals surface area contributed by atoms with E-state index in [1.807, 2.05) is 35.2 Å². The van der Waals surface area contributed by atoms with Gasteiger partial charge in [-0.25, -0.2) is 8.42 Å². The SMILES string of the molecule is O=S(=O)(c1ccc(Cl)c(C(F)(F)F)c1)N1CCN(CC(O)c2ccccc2)CC1. The molecule has 1 aliphatic rings. The highest BCUT2D eigenvalue weighted by Crippen LogP contribution is 2.36. The highest BCUT2D eigenvalue weighted by atomic mass is 35.5. The predicted molar refractivity (Wildman–Crippen MR) is 103 cm³/mol. The molecule has 0 bridgehead atoms. The first-order valence-corrected chi connectivity index (χ1v) is 10.7. The monoisotopic (exact) mass is 448 g/mol. The van der Waals surface area contributed by atoms with Crippen LogP contribution in [0, 0.1) is 0 Å². The van der Waals surface area contributed by atoms with Crippen molar-refractivity contribution in [3.05, 3.63) is 64.7 Å². The van der Waals surface area contributed by atoms with Gasteiger partial charge in [0.2, 0.25) is 10.0 Å². The van der Waals surface area contributed by atoms with E-state index in [2.05, 4.69) is 0 Å². The third kappa shape index (κ3) is 5.10. The van der Waals surface area contributed by atoms with Gasteiger partial charge in [-0.3, -0.25) is 4.90 Å². The number of hydrogen-bond donors (Lipinski definition) is 1. The zero-order valence-corrected chi connectivity index (χ0v) is 16.9. The molecule has 0 saturated carbocycles. The molecule has 0 amide bonds. The Labute approximate surface area is 172 Å². The second kappa shape index (κ2) is 8.61. The summed E-state index contributed by atoms with van der Waals surface area (Å²) >= 11 is 5.58. The molecule has 2 aromatic carbocycles. The highest BCUT2D eigenvalue weighted by Gasteiger charge is 2.36. The molecule has 29 heavy (non-hydrogen) atoms. The van der Waals surface area contributed by atoms with Crippen LogP contribution in [0.1, 0.15) is 17.2 Å². The van der Waals surface area contributed by atoms with Crippen LogP contribution in [0.2, 0.25) is 5.02 Å². The Bertz CT molecular complexity index is 947. The van der Waals surface area contributed by atoms with Gasteiger partial charge in [0.05, 0.1) is 21.6 Å². The van der Waals surface area contributed by atoms with Gasteiger partial charge in [0, 0.05) is 32.7 Å². The van der Waals surface area contributed by atoms with Crippen molar-refractivity contribution in [1.29, 1.82) is 0 Å². The largest absolute Gasteiger partial charge is 0.417 e. The molecule has 1 saturated heterocycles. The van der Waals surface area contributed by atoms with Crippen LogP contribution in [0.3, 0.4) is 0 Å². The molecule has 0 aliphatic carbocycles. The summed E-state index contributed by atoms with van der Waals surface area (Å²) in [6, 6.07) is 11.7. The van der Waals surface area contributed by atoms with Crippen molar-refractivity contribution in [2.24, 2.45) is 0 Å². The van der Waals surface area contributed by atoms with Crippen molar-refractivity contribution in [3.8, 4) is 0 Å². The van der Waals surface area contributed by atoms with E-state index in [-0.39, 0.29) is 13.1 Å². The summed E-state index contributed by atoms with van der Waals surface area (Å²) in [7, 11) is -4.08. The molecule has 1 aliphatic heterocycles. The standard InChI is InChI=1S/C19H20ClF3N2O3S/c20-17-7-6-15(12-16(17)19(21,22)23)29(27,28)25-10-8-24(9-11-25)13-18(26)14-4-2-1-3-5-14/h1-7,12,18,26H,8-11,13H2. The zero-order valence-electron chi connectivity index (χ0n) is 15.3. The molecule has 5 nitrogen and oxygen atoms in total. The summed E-state index contributed by atoms with van der Waals surface area (Å²) in [6.07, 6.45) is -5.44. The fourth-order valence-corrected chi connectivity index (χ4v) is 4.88. The van der Waals surface area contributed by atoms with Crippen molar-refractivity contribution in [1.82, 2.24) is 9.21 Å². The molecule has 0 aromatic heterocycles. The van der Waals surface area contributed by atoms with Gasteiger partial charge in [-0.05, 0) is 23.8 Å². The molecule has 1 fully saturated rings. The van der Waals surface area contributed by atoms with Crippen molar-refractivity contribution < 1.29 is 26.7 Å². The number of β-amino-alcohol motifs (C(OH)–C–C–N with tert-alkyl or cyclic N) is 1. The molecule has 1 N–H and O–H groups in total. The topological polar surface area (TPSA) is 60.9 Å². The summed E-state index contributed by atoms with van der Waals surface area (Å²) in [6.45, 7) is 1.31. The summed E-state index contributed by atoms with van der Waals surface area (Å²) < 4.78 is 65.9. The Kier molecular flexibility index (Phi) is 6.54. The summed E-state index contributed by atoms with van der Waals surface area (Å²) in [4.78, 5) is 1.49. The van der Waals surface area contributed by atoms with Gasteiger partial charge >= 0.3 is 6.18 Å². The van der Waals surface area contributed by atoms with Gasteiger partial charge in [-0.15, -0.1) is 0 Å². The van der Waals surface area contributed by atoms with E-state index < -0.39 is 37.8 Å². The average molecular weight is 449 g/mol. The van der Waals surface area contributed by atoms with Crippen LogP contribution in [-0.2, 0) is 16.2 Å². The van der Waals surface area contributed by atoms with Crippen molar-refractivity contribution in [2.45, 2.75) is 17.2 Å². The normalized spacial score (nSPS) is 18.0. The van der Waals surface area contributed by atoms with Gasteiger partial charge in [0.25, 0.3) is 0 Å². The maximum Gasteiger partial charge on any atom is 0.417 e. The number of nitrogens with zero attached hydrogens (tertiary/aromatic N) is 2. The minimum atomic E-state index is -4.74. The summed E-state index contributed by atoms with van der Waals surface area (Å²) in [5, 5.41) is 9.77. The van der Waals surface area contributed by atoms with Gasteiger partial charge in [0.1, 0.15) is 0 Å². The fourth-order valence-electron chi connectivity index (χ4n) is 3.21. The smallest absolute Gasteiger partial charge is 0.387 e. The van der Waals surface area contributed by atoms with E-state index in [1.54, 1.807) is 0 Å². The number of alkyl halides is 3. The Morgan fingerprint density at radius 1 is 1.03 bits per heavy atom. The molecule has 3 rings (SSSR count). The Balaban J connectivity index is 1.67. The van der Waals surface area contributed by atoms with Crippen molar-refractivity contribution in [2.75, 3.05) is 32.7 Å². The Morgan fingerprint density at radius 2 is 1.66 bits per heavy atom. The lowest BCUT2D eigenvalue weighted by atomic mass is 10.1. The molecule has 1 atom stereocenters. The zero-order chi connectivity index (χ0) is 21.2. The molecule has 1 unspecified atom stereocenters. The predicted octanol–water partition coefficient (Wildman–Crippen LogP) is 3.40. The van der Waals surface area contributed by atoms with Crippen LogP contribution in [0.25, 0.3) is 0 Å². The number of hydrogen-bond acceptors (Lipinski definition) is 4. The van der Waals surface area contributed by atoms with Crippen molar-refractivity contribution in [3.63, 3.8) is 0 Å². The molecule has 2 aromatic rings. The number of sulfonamides is 1. The quantitative estimate of drug-likeness (QED) is 0.761. The third-order valence-electron chi connectivity index (χ3n) is 4.83. The summed E-state index contributed by atoms with van der Waals surface area (Å²) in [5.74, 6) is 0. The molecular weight excluding hydrogens is 429 g/mol. The van der Waals surface area contributed by atoms with Crippen LogP contribution in [-0.4, -0.2) is 55.5 Å². The first-order valence-electron chi connectivity index (χ1n) is 8.91. The third-order valence-corrected chi connectivity index (χ3v) is 7.05. The minimum absolute atomic E-state index is 0.119. The Morgan fingerprint density at radius 3 is 2.24 bits per heavy atom. The van der Waals surface area contributed by atoms with E-state index in [4.69, 9.17) is 11.6 Å². The van der Waals surface area contributed by atoms with E-state index in [9.17, 15) is 26.7 Å². The van der Waals surface area contributed by atoms with E-state index in [0.717, 1.165) is 22.0 Å². The first-order chi connectivity index (χ1) is 13.6. The number of rotatable bonds is 5. The van der Waals surface area contributed by atoms with Crippen LogP contribution in [0.4, 0.5) is 13.2 Å². The highest BCUT2D eigenvalue weighted by molar-refractivity contribution is 7.89. The fraction of sp³-hybridized carbons (Fsp3) is 0.368. The van der Waals surface area contributed by atoms with E-state index >= 15 is 0 Å². The number of piperazine rings is 1. The molecule has 1 heterocycles. The second-order valence-electron chi connectivity index (χ2n) is 6.77. The van der Waals surface area contributed by atoms with Gasteiger partial charge in [-0.2, -0.15) is 17.5 Å². The number of aliphatic hydroxyl groups excluding tert-OH is 1. The van der Waals surface area contributed by atoms with Crippen LogP contribution in [0.5, 0.6) is 0 Å². The van der Waals surface area contributed by atoms with Crippen LogP contribution >= 0.6 is 11.6 Å². The van der Waals surface area contributed by atoms with E-state index in [0.29, 0.717) is 25.7 Å². The molecule has 0 radical (unpaired) electrons. The lowest BCUT2D eigenvalue weighted by Gasteiger charge is -2.35. The first kappa shape index (κ1) is 22.0. The Hall–Kier alpha value is -1.65. The maximum absolute atomic E-state index is 13.0. The van der Waals surface area contributed by atoms with Gasteiger partial charge in [0.15, 0.2) is 0 Å². The van der Waals surface area contributed by atoms with Gasteiger partial charge < -0.3 is 5.11 Å². The summed E-state index contributed by atoms with van der Waals surface area (Å²) in [5.41, 5.74) is -0.409. The van der Waals surface area contributed by atoms with E-state index in [1.165, 1.54) is 0 Å². The number of benzene rings is 2. The molecule has 10 heteroatoms. The average Bonchev–Trinajstić information content (AvgIpc) is 2.68. The van der Waals surface area contributed by atoms with Crippen molar-refractivity contribution >= 4 is 21.6 Å². The minimum Gasteiger partial charge on any atom is -0.387 e. The van der Waals surface area contributed by atoms with Crippen LogP contribution in [0.15, 0.2) is 53.4 Å². The molecule has 158 valence electrons.